The molecule has 22 heavy (non-hydrogen) atoms. The quantitative estimate of drug-likeness (QED) is 0.886. The minimum atomic E-state index is 0.356. The van der Waals surface area contributed by atoms with Crippen molar-refractivity contribution >= 4 is 17.2 Å². The molecule has 2 heterocycles. The van der Waals surface area contributed by atoms with E-state index in [1.165, 1.54) is 28.3 Å². The highest BCUT2D eigenvalue weighted by atomic mass is 32.1. The average molecular weight is 314 g/mol. The fraction of sp³-hybridized carbons (Fsp3) is 0.529. The van der Waals surface area contributed by atoms with E-state index in [1.807, 2.05) is 11.3 Å². The molecule has 4 nitrogen and oxygen atoms in total. The van der Waals surface area contributed by atoms with Crippen molar-refractivity contribution in [2.45, 2.75) is 57.0 Å². The summed E-state index contributed by atoms with van der Waals surface area (Å²) in [5.41, 5.74) is 7.12. The van der Waals surface area contributed by atoms with Crippen LogP contribution in [0.3, 0.4) is 0 Å². The molecule has 2 aliphatic rings. The van der Waals surface area contributed by atoms with Crippen LogP contribution in [0.15, 0.2) is 18.2 Å². The van der Waals surface area contributed by atoms with Crippen LogP contribution in [-0.4, -0.2) is 16.0 Å². The van der Waals surface area contributed by atoms with Gasteiger partial charge < -0.3 is 11.1 Å². The third kappa shape index (κ3) is 3.01. The highest BCUT2D eigenvalue weighted by Crippen LogP contribution is 2.41. The first kappa shape index (κ1) is 14.2. The molecule has 4 rings (SSSR count). The molecular weight excluding hydrogens is 292 g/mol. The van der Waals surface area contributed by atoms with Gasteiger partial charge in [0.1, 0.15) is 11.6 Å². The molecule has 0 amide bonds. The monoisotopic (exact) mass is 314 g/mol. The van der Waals surface area contributed by atoms with Crippen LogP contribution in [0.1, 0.15) is 58.8 Å². The number of hydrogen-bond acceptors (Lipinski definition) is 5. The summed E-state index contributed by atoms with van der Waals surface area (Å²) in [6.45, 7) is 2.98. The lowest BCUT2D eigenvalue weighted by molar-refractivity contribution is 0.344. The Morgan fingerprint density at radius 2 is 2.05 bits per heavy atom. The van der Waals surface area contributed by atoms with Gasteiger partial charge in [-0.15, -0.1) is 11.3 Å². The summed E-state index contributed by atoms with van der Waals surface area (Å²) in [7, 11) is 0. The summed E-state index contributed by atoms with van der Waals surface area (Å²) in [6.07, 6.45) is 4.59. The van der Waals surface area contributed by atoms with Crippen molar-refractivity contribution in [3.05, 3.63) is 39.5 Å². The lowest BCUT2D eigenvalue weighted by Crippen LogP contribution is -2.35. The molecule has 0 radical (unpaired) electrons. The smallest absolute Gasteiger partial charge is 0.134 e. The van der Waals surface area contributed by atoms with Crippen molar-refractivity contribution in [2.24, 2.45) is 5.73 Å². The molecule has 0 saturated heterocycles. The van der Waals surface area contributed by atoms with Gasteiger partial charge in [-0.1, -0.05) is 0 Å². The molecule has 2 fully saturated rings. The fourth-order valence-corrected chi connectivity index (χ4v) is 3.80. The van der Waals surface area contributed by atoms with Crippen molar-refractivity contribution in [2.75, 3.05) is 5.32 Å². The molecule has 0 aromatic carbocycles. The Kier molecular flexibility index (Phi) is 3.62. The van der Waals surface area contributed by atoms with Gasteiger partial charge in [-0.05, 0) is 44.7 Å². The molecule has 0 atom stereocenters. The van der Waals surface area contributed by atoms with E-state index in [0.29, 0.717) is 17.9 Å². The maximum Gasteiger partial charge on any atom is 0.134 e. The molecule has 2 aromatic rings. The maximum atomic E-state index is 5.93. The van der Waals surface area contributed by atoms with E-state index in [2.05, 4.69) is 30.4 Å². The summed E-state index contributed by atoms with van der Waals surface area (Å²) in [4.78, 5) is 12.2. The summed E-state index contributed by atoms with van der Waals surface area (Å²) in [5.74, 6) is 3.11. The first-order valence-corrected chi connectivity index (χ1v) is 8.92. The Morgan fingerprint density at radius 3 is 2.68 bits per heavy atom. The zero-order valence-electron chi connectivity index (χ0n) is 12.9. The largest absolute Gasteiger partial charge is 0.365 e. The standard InChI is InChI=1S/C17H22N4S/c1-10-2-5-14(22-10)9-19-16-8-15(12-6-13(18)7-12)20-17(21-16)11-3-4-11/h2,5,8,11-13H,3-4,6-7,9,18H2,1H3,(H,19,20,21). The molecular formula is C17H22N4S. The van der Waals surface area contributed by atoms with E-state index in [0.717, 1.165) is 31.0 Å². The van der Waals surface area contributed by atoms with Crippen LogP contribution >= 0.6 is 11.3 Å². The Bertz CT molecular complexity index is 671. The summed E-state index contributed by atoms with van der Waals surface area (Å²) in [6, 6.07) is 6.83. The van der Waals surface area contributed by atoms with Crippen LogP contribution < -0.4 is 11.1 Å². The van der Waals surface area contributed by atoms with Crippen LogP contribution in [0.25, 0.3) is 0 Å². The van der Waals surface area contributed by atoms with Crippen molar-refractivity contribution in [3.63, 3.8) is 0 Å². The molecule has 0 spiro atoms. The second kappa shape index (κ2) is 5.63. The molecule has 5 heteroatoms. The fourth-order valence-electron chi connectivity index (χ4n) is 2.97. The molecule has 0 aliphatic heterocycles. The van der Waals surface area contributed by atoms with E-state index in [1.54, 1.807) is 0 Å². The second-order valence-corrected chi connectivity index (χ2v) is 7.98. The molecule has 2 saturated carbocycles. The first-order valence-electron chi connectivity index (χ1n) is 8.11. The van der Waals surface area contributed by atoms with Gasteiger partial charge in [0.15, 0.2) is 0 Å². The van der Waals surface area contributed by atoms with E-state index < -0.39 is 0 Å². The number of hydrogen-bond donors (Lipinski definition) is 2. The normalized spacial score (nSPS) is 24.1. The maximum absolute atomic E-state index is 5.93. The Hall–Kier alpha value is -1.46. The van der Waals surface area contributed by atoms with Gasteiger partial charge in [0.05, 0.1) is 6.54 Å². The SMILES string of the molecule is Cc1ccc(CNc2cc(C3CC(N)C3)nc(C3CC3)n2)s1. The summed E-state index contributed by atoms with van der Waals surface area (Å²) in [5, 5.41) is 3.48. The summed E-state index contributed by atoms with van der Waals surface area (Å²) >= 11 is 1.83. The number of nitrogens with two attached hydrogens (primary N) is 1. The van der Waals surface area contributed by atoms with Crippen molar-refractivity contribution in [3.8, 4) is 0 Å². The van der Waals surface area contributed by atoms with Crippen LogP contribution in [0, 0.1) is 6.92 Å². The van der Waals surface area contributed by atoms with Gasteiger partial charge in [-0.2, -0.15) is 0 Å². The number of aromatic nitrogens is 2. The Labute approximate surface area is 135 Å². The van der Waals surface area contributed by atoms with Gasteiger partial charge in [0.25, 0.3) is 0 Å². The minimum Gasteiger partial charge on any atom is -0.365 e. The molecule has 2 aromatic heterocycles. The number of nitrogens with zero attached hydrogens (tertiary/aromatic N) is 2. The average Bonchev–Trinajstić information content (AvgIpc) is 3.24. The van der Waals surface area contributed by atoms with Crippen molar-refractivity contribution < 1.29 is 0 Å². The highest BCUT2D eigenvalue weighted by molar-refractivity contribution is 7.11. The van der Waals surface area contributed by atoms with Gasteiger partial charge in [-0.25, -0.2) is 9.97 Å². The van der Waals surface area contributed by atoms with Crippen LogP contribution in [0.2, 0.25) is 0 Å². The van der Waals surface area contributed by atoms with E-state index in [9.17, 15) is 0 Å². The molecule has 0 unspecified atom stereocenters. The van der Waals surface area contributed by atoms with Gasteiger partial charge in [0, 0.05) is 39.4 Å². The number of nitrogens with one attached hydrogen (secondary N) is 1. The Balaban J connectivity index is 1.52. The lowest BCUT2D eigenvalue weighted by Gasteiger charge is -2.32. The van der Waals surface area contributed by atoms with Crippen LogP contribution in [0.4, 0.5) is 5.82 Å². The summed E-state index contributed by atoms with van der Waals surface area (Å²) < 4.78 is 0. The minimum absolute atomic E-state index is 0.356. The zero-order chi connectivity index (χ0) is 15.1. The molecule has 116 valence electrons. The second-order valence-electron chi connectivity index (χ2n) is 6.60. The predicted octanol–water partition coefficient (Wildman–Crippen LogP) is 3.54. The Morgan fingerprint density at radius 1 is 1.23 bits per heavy atom. The van der Waals surface area contributed by atoms with Crippen molar-refractivity contribution in [1.29, 1.82) is 0 Å². The number of thiophene rings is 1. The van der Waals surface area contributed by atoms with Crippen LogP contribution in [-0.2, 0) is 6.54 Å². The predicted molar refractivity (Wildman–Crippen MR) is 90.3 cm³/mol. The lowest BCUT2D eigenvalue weighted by atomic mass is 9.78. The van der Waals surface area contributed by atoms with E-state index in [-0.39, 0.29) is 0 Å². The zero-order valence-corrected chi connectivity index (χ0v) is 13.7. The van der Waals surface area contributed by atoms with E-state index in [4.69, 9.17) is 15.7 Å². The van der Waals surface area contributed by atoms with E-state index >= 15 is 0 Å². The van der Waals surface area contributed by atoms with Crippen LogP contribution in [0.5, 0.6) is 0 Å². The van der Waals surface area contributed by atoms with Gasteiger partial charge in [-0.3, -0.25) is 0 Å². The highest BCUT2D eigenvalue weighted by Gasteiger charge is 2.32. The van der Waals surface area contributed by atoms with Gasteiger partial charge >= 0.3 is 0 Å². The van der Waals surface area contributed by atoms with Crippen molar-refractivity contribution in [1.82, 2.24) is 9.97 Å². The third-order valence-electron chi connectivity index (χ3n) is 4.54. The number of aryl methyl sites for hydroxylation is 1. The van der Waals surface area contributed by atoms with Gasteiger partial charge in [0.2, 0.25) is 0 Å². The third-order valence-corrected chi connectivity index (χ3v) is 5.54. The molecule has 3 N–H and O–H groups in total. The first-order chi connectivity index (χ1) is 10.7. The molecule has 2 aliphatic carbocycles. The topological polar surface area (TPSA) is 63.8 Å². The number of rotatable bonds is 5. The number of anilines is 1. The molecule has 0 bridgehead atoms.